The summed E-state index contributed by atoms with van der Waals surface area (Å²) in [5, 5.41) is 0. The normalized spacial score (nSPS) is 13.2. The summed E-state index contributed by atoms with van der Waals surface area (Å²) >= 11 is 0. The van der Waals surface area contributed by atoms with Crippen LogP contribution in [-0.2, 0) is 23.1 Å². The van der Waals surface area contributed by atoms with Crippen LogP contribution in [0.3, 0.4) is 0 Å². The van der Waals surface area contributed by atoms with Crippen molar-refractivity contribution >= 4 is 11.8 Å². The van der Waals surface area contributed by atoms with Gasteiger partial charge in [-0.2, -0.15) is 0 Å². The van der Waals surface area contributed by atoms with Gasteiger partial charge >= 0.3 is 0 Å². The maximum absolute atomic E-state index is 13.2. The summed E-state index contributed by atoms with van der Waals surface area (Å²) in [5.74, 6) is 0.214. The predicted octanol–water partition coefficient (Wildman–Crippen LogP) is 2.31. The molecule has 1 aromatic carbocycles. The third-order valence-electron chi connectivity index (χ3n) is 5.21. The van der Waals surface area contributed by atoms with Crippen molar-refractivity contribution in [3.8, 4) is 5.75 Å². The lowest BCUT2D eigenvalue weighted by Crippen LogP contribution is -2.45. The molecule has 1 heterocycles. The van der Waals surface area contributed by atoms with Gasteiger partial charge in [0.25, 0.3) is 5.91 Å². The molecule has 1 saturated carbocycles. The molecule has 29 heavy (non-hydrogen) atoms. The highest BCUT2D eigenvalue weighted by molar-refractivity contribution is 5.98. The molecule has 2 aromatic rings. The molecular weight excluding hydrogens is 370 g/mol. The zero-order valence-electron chi connectivity index (χ0n) is 17.3. The van der Waals surface area contributed by atoms with Gasteiger partial charge in [-0.3, -0.25) is 9.59 Å². The van der Waals surface area contributed by atoms with E-state index in [0.717, 1.165) is 18.5 Å². The summed E-state index contributed by atoms with van der Waals surface area (Å²) in [7, 11) is 5.09. The van der Waals surface area contributed by atoms with Gasteiger partial charge in [0, 0.05) is 38.6 Å². The minimum absolute atomic E-state index is 0.0150. The van der Waals surface area contributed by atoms with Crippen LogP contribution < -0.4 is 4.74 Å². The topological polar surface area (TPSA) is 64.0 Å². The molecular formula is C22H29N3O4. The fourth-order valence-electron chi connectivity index (χ4n) is 3.34. The van der Waals surface area contributed by atoms with Crippen LogP contribution in [0.2, 0.25) is 0 Å². The Hall–Kier alpha value is -2.80. The lowest BCUT2D eigenvalue weighted by Gasteiger charge is -2.28. The second-order valence-corrected chi connectivity index (χ2v) is 7.28. The van der Waals surface area contributed by atoms with Crippen molar-refractivity contribution < 1.29 is 19.1 Å². The number of rotatable bonds is 10. The Bertz CT molecular complexity index is 844. The largest absolute Gasteiger partial charge is 0.496 e. The van der Waals surface area contributed by atoms with Gasteiger partial charge < -0.3 is 23.8 Å². The molecule has 156 valence electrons. The number of carbonyl (C=O) groups excluding carboxylic acids is 2. The van der Waals surface area contributed by atoms with E-state index in [1.165, 1.54) is 7.11 Å². The fourth-order valence-corrected chi connectivity index (χ4v) is 3.34. The number of hydrogen-bond donors (Lipinski definition) is 0. The SMILES string of the molecule is COCCN(CC(=O)N(Cc1cccn1C)C1CC1)C(=O)c1ccccc1OC. The highest BCUT2D eigenvalue weighted by Crippen LogP contribution is 2.29. The molecule has 0 atom stereocenters. The van der Waals surface area contributed by atoms with E-state index >= 15 is 0 Å². The van der Waals surface area contributed by atoms with E-state index in [0.29, 0.717) is 31.0 Å². The van der Waals surface area contributed by atoms with Crippen LogP contribution in [0, 0.1) is 0 Å². The minimum atomic E-state index is -0.234. The third-order valence-corrected chi connectivity index (χ3v) is 5.21. The molecule has 0 spiro atoms. The van der Waals surface area contributed by atoms with Crippen LogP contribution in [0.1, 0.15) is 28.9 Å². The number of aromatic nitrogens is 1. The van der Waals surface area contributed by atoms with E-state index in [1.807, 2.05) is 40.9 Å². The summed E-state index contributed by atoms with van der Waals surface area (Å²) in [5.41, 5.74) is 1.52. The Balaban J connectivity index is 1.76. The van der Waals surface area contributed by atoms with Crippen molar-refractivity contribution in [2.75, 3.05) is 33.9 Å². The Kier molecular flexibility index (Phi) is 6.93. The first kappa shape index (κ1) is 20.9. The fraction of sp³-hybridized carbons (Fsp3) is 0.455. The number of hydrogen-bond acceptors (Lipinski definition) is 4. The number of ether oxygens (including phenoxy) is 2. The zero-order valence-corrected chi connectivity index (χ0v) is 17.3. The van der Waals surface area contributed by atoms with Crippen LogP contribution in [-0.4, -0.2) is 66.1 Å². The first-order valence-electron chi connectivity index (χ1n) is 9.86. The predicted molar refractivity (Wildman–Crippen MR) is 110 cm³/mol. The summed E-state index contributed by atoms with van der Waals surface area (Å²) in [6.07, 6.45) is 3.99. The number of benzene rings is 1. The van der Waals surface area contributed by atoms with Crippen LogP contribution in [0.15, 0.2) is 42.6 Å². The van der Waals surface area contributed by atoms with Crippen molar-refractivity contribution in [1.82, 2.24) is 14.4 Å². The maximum Gasteiger partial charge on any atom is 0.258 e. The molecule has 0 bridgehead atoms. The monoisotopic (exact) mass is 399 g/mol. The van der Waals surface area contributed by atoms with E-state index < -0.39 is 0 Å². The molecule has 1 aromatic heterocycles. The smallest absolute Gasteiger partial charge is 0.258 e. The summed E-state index contributed by atoms with van der Waals surface area (Å²) in [6.45, 7) is 1.26. The minimum Gasteiger partial charge on any atom is -0.496 e. The zero-order chi connectivity index (χ0) is 20.8. The van der Waals surface area contributed by atoms with E-state index in [1.54, 1.807) is 30.2 Å². The summed E-state index contributed by atoms with van der Waals surface area (Å²) in [6, 6.07) is 11.3. The highest BCUT2D eigenvalue weighted by Gasteiger charge is 2.34. The van der Waals surface area contributed by atoms with Crippen molar-refractivity contribution in [2.45, 2.75) is 25.4 Å². The molecule has 0 aliphatic heterocycles. The standard InChI is InChI=1S/C22H29N3O4/c1-23-12-6-7-18(23)15-25(17-10-11-17)21(26)16-24(13-14-28-2)22(27)19-8-4-5-9-20(19)29-3/h4-9,12,17H,10-11,13-16H2,1-3H3. The Morgan fingerprint density at radius 2 is 1.90 bits per heavy atom. The van der Waals surface area contributed by atoms with E-state index in [4.69, 9.17) is 9.47 Å². The number of carbonyl (C=O) groups is 2. The van der Waals surface area contributed by atoms with Gasteiger partial charge in [0.15, 0.2) is 0 Å². The van der Waals surface area contributed by atoms with Crippen molar-refractivity contribution in [3.63, 3.8) is 0 Å². The Labute approximate surface area is 171 Å². The van der Waals surface area contributed by atoms with Crippen LogP contribution in [0.25, 0.3) is 0 Å². The first-order valence-corrected chi connectivity index (χ1v) is 9.86. The molecule has 3 rings (SSSR count). The molecule has 7 heteroatoms. The van der Waals surface area contributed by atoms with Gasteiger partial charge in [-0.1, -0.05) is 12.1 Å². The molecule has 0 unspecified atom stereocenters. The molecule has 1 aliphatic carbocycles. The molecule has 1 fully saturated rings. The van der Waals surface area contributed by atoms with Gasteiger partial charge in [-0.25, -0.2) is 0 Å². The highest BCUT2D eigenvalue weighted by atomic mass is 16.5. The average Bonchev–Trinajstić information content (AvgIpc) is 3.50. The second kappa shape index (κ2) is 9.60. The van der Waals surface area contributed by atoms with Crippen LogP contribution in [0.5, 0.6) is 5.75 Å². The maximum atomic E-state index is 13.2. The number of nitrogens with zero attached hydrogens (tertiary/aromatic N) is 3. The van der Waals surface area contributed by atoms with Crippen LogP contribution >= 0.6 is 0 Å². The third kappa shape index (κ3) is 5.17. The Morgan fingerprint density at radius 3 is 2.52 bits per heavy atom. The quantitative estimate of drug-likeness (QED) is 0.615. The number of aryl methyl sites for hydroxylation is 1. The number of methoxy groups -OCH3 is 2. The first-order chi connectivity index (χ1) is 14.0. The molecule has 0 saturated heterocycles. The number of para-hydroxylation sites is 1. The van der Waals surface area contributed by atoms with Crippen LogP contribution in [0.4, 0.5) is 0 Å². The van der Waals surface area contributed by atoms with Gasteiger partial charge in [-0.05, 0) is 37.1 Å². The molecule has 0 N–H and O–H groups in total. The van der Waals surface area contributed by atoms with Gasteiger partial charge in [0.2, 0.25) is 5.91 Å². The summed E-state index contributed by atoms with van der Waals surface area (Å²) < 4.78 is 12.5. The lowest BCUT2D eigenvalue weighted by atomic mass is 10.1. The van der Waals surface area contributed by atoms with Crippen molar-refractivity contribution in [3.05, 3.63) is 53.9 Å². The Morgan fingerprint density at radius 1 is 1.14 bits per heavy atom. The molecule has 0 radical (unpaired) electrons. The van der Waals surface area contributed by atoms with Crippen molar-refractivity contribution in [2.24, 2.45) is 7.05 Å². The summed E-state index contributed by atoms with van der Waals surface area (Å²) in [4.78, 5) is 29.8. The van der Waals surface area contributed by atoms with Gasteiger partial charge in [0.1, 0.15) is 12.3 Å². The van der Waals surface area contributed by atoms with Gasteiger partial charge in [-0.15, -0.1) is 0 Å². The average molecular weight is 399 g/mol. The van der Waals surface area contributed by atoms with Gasteiger partial charge in [0.05, 0.1) is 25.8 Å². The van der Waals surface area contributed by atoms with E-state index in [9.17, 15) is 9.59 Å². The van der Waals surface area contributed by atoms with Crippen molar-refractivity contribution in [1.29, 1.82) is 0 Å². The molecule has 1 aliphatic rings. The lowest BCUT2D eigenvalue weighted by molar-refractivity contribution is -0.133. The number of amides is 2. The second-order valence-electron chi connectivity index (χ2n) is 7.28. The van der Waals surface area contributed by atoms with E-state index in [-0.39, 0.29) is 24.4 Å². The van der Waals surface area contributed by atoms with E-state index in [2.05, 4.69) is 0 Å². The molecule has 7 nitrogen and oxygen atoms in total. The molecule has 2 amide bonds.